The van der Waals surface area contributed by atoms with Crippen molar-refractivity contribution in [3.05, 3.63) is 63.4 Å². The molecule has 0 radical (unpaired) electrons. The van der Waals surface area contributed by atoms with Gasteiger partial charge in [-0.15, -0.1) is 0 Å². The Balaban J connectivity index is 2.11. The monoisotopic (exact) mass is 383 g/mol. The van der Waals surface area contributed by atoms with Gasteiger partial charge in [-0.25, -0.2) is 4.39 Å². The minimum absolute atomic E-state index is 0.0459. The van der Waals surface area contributed by atoms with Crippen molar-refractivity contribution in [2.24, 2.45) is 0 Å². The molecule has 0 fully saturated rings. The Morgan fingerprint density at radius 2 is 2.09 bits per heavy atom. The summed E-state index contributed by atoms with van der Waals surface area (Å²) in [4.78, 5) is 11.9. The highest BCUT2D eigenvalue weighted by molar-refractivity contribution is 9.10. The summed E-state index contributed by atoms with van der Waals surface area (Å²) in [6, 6.07) is 9.45. The second kappa shape index (κ2) is 7.42. The fraction of sp³-hybridized carbons (Fsp3) is 0.0625. The van der Waals surface area contributed by atoms with E-state index in [0.29, 0.717) is 11.4 Å². The number of halogens is 3. The second-order valence-electron chi connectivity index (χ2n) is 4.34. The molecule has 0 saturated carbocycles. The summed E-state index contributed by atoms with van der Waals surface area (Å²) in [6.45, 7) is 0. The van der Waals surface area contributed by atoms with Crippen molar-refractivity contribution in [1.29, 1.82) is 0 Å². The van der Waals surface area contributed by atoms with E-state index in [2.05, 4.69) is 21.2 Å². The molecule has 0 atom stereocenters. The Labute approximate surface area is 140 Å². The van der Waals surface area contributed by atoms with E-state index in [1.165, 1.54) is 24.3 Å². The molecule has 0 bridgehead atoms. The third-order valence-corrected chi connectivity index (χ3v) is 3.58. The van der Waals surface area contributed by atoms with Crippen LogP contribution in [-0.2, 0) is 4.79 Å². The van der Waals surface area contributed by atoms with Crippen molar-refractivity contribution < 1.29 is 13.9 Å². The molecule has 0 aliphatic rings. The van der Waals surface area contributed by atoms with Gasteiger partial charge >= 0.3 is 0 Å². The molecule has 0 aliphatic heterocycles. The number of carbonyl (C=O) groups is 1. The Kier molecular flexibility index (Phi) is 5.57. The van der Waals surface area contributed by atoms with Crippen molar-refractivity contribution in [3.63, 3.8) is 0 Å². The second-order valence-corrected chi connectivity index (χ2v) is 5.66. The van der Waals surface area contributed by atoms with Gasteiger partial charge in [0, 0.05) is 21.8 Å². The van der Waals surface area contributed by atoms with E-state index in [4.69, 9.17) is 16.3 Å². The molecule has 2 aromatic rings. The summed E-state index contributed by atoms with van der Waals surface area (Å²) in [5.41, 5.74) is 1.17. The SMILES string of the molecule is COc1ccc(Br)cc1/C=C/C(=O)Nc1ccc(F)c(Cl)c1. The van der Waals surface area contributed by atoms with Gasteiger partial charge in [-0.3, -0.25) is 4.79 Å². The van der Waals surface area contributed by atoms with Gasteiger partial charge in [0.25, 0.3) is 0 Å². The smallest absolute Gasteiger partial charge is 0.248 e. The van der Waals surface area contributed by atoms with E-state index >= 15 is 0 Å². The number of hydrogen-bond donors (Lipinski definition) is 1. The average molecular weight is 385 g/mol. The van der Waals surface area contributed by atoms with Gasteiger partial charge < -0.3 is 10.1 Å². The van der Waals surface area contributed by atoms with Crippen molar-refractivity contribution in [2.75, 3.05) is 12.4 Å². The number of benzene rings is 2. The number of amides is 1. The Morgan fingerprint density at radius 1 is 1.32 bits per heavy atom. The lowest BCUT2D eigenvalue weighted by Gasteiger charge is -2.05. The zero-order valence-corrected chi connectivity index (χ0v) is 13.9. The summed E-state index contributed by atoms with van der Waals surface area (Å²) in [7, 11) is 1.56. The number of anilines is 1. The lowest BCUT2D eigenvalue weighted by Crippen LogP contribution is -2.07. The molecule has 2 aromatic carbocycles. The Bertz CT molecular complexity index is 734. The van der Waals surface area contributed by atoms with Crippen LogP contribution in [0.4, 0.5) is 10.1 Å². The van der Waals surface area contributed by atoms with Crippen LogP contribution in [0.1, 0.15) is 5.56 Å². The van der Waals surface area contributed by atoms with Crippen molar-refractivity contribution in [3.8, 4) is 5.75 Å². The molecule has 0 aromatic heterocycles. The largest absolute Gasteiger partial charge is 0.496 e. The maximum absolute atomic E-state index is 13.0. The van der Waals surface area contributed by atoms with E-state index < -0.39 is 5.82 Å². The number of nitrogens with one attached hydrogen (secondary N) is 1. The first kappa shape index (κ1) is 16.5. The van der Waals surface area contributed by atoms with Gasteiger partial charge in [-0.2, -0.15) is 0 Å². The molecule has 114 valence electrons. The van der Waals surface area contributed by atoms with E-state index in [1.807, 2.05) is 12.1 Å². The van der Waals surface area contributed by atoms with Crippen LogP contribution >= 0.6 is 27.5 Å². The standard InChI is InChI=1S/C16H12BrClFNO2/c1-22-15-6-3-11(17)8-10(15)2-7-16(21)20-12-4-5-14(19)13(18)9-12/h2-9H,1H3,(H,20,21)/b7-2+. The molecule has 0 spiro atoms. The van der Waals surface area contributed by atoms with E-state index in [0.717, 1.165) is 10.0 Å². The predicted octanol–water partition coefficient (Wildman–Crippen LogP) is 4.90. The fourth-order valence-corrected chi connectivity index (χ4v) is 2.32. The predicted molar refractivity (Wildman–Crippen MR) is 89.8 cm³/mol. The third kappa shape index (κ3) is 4.32. The first-order chi connectivity index (χ1) is 10.5. The van der Waals surface area contributed by atoms with Crippen LogP contribution in [0.25, 0.3) is 6.08 Å². The minimum atomic E-state index is -0.533. The summed E-state index contributed by atoms with van der Waals surface area (Å²) < 4.78 is 19.1. The van der Waals surface area contributed by atoms with Crippen molar-refractivity contribution in [1.82, 2.24) is 0 Å². The quantitative estimate of drug-likeness (QED) is 0.761. The molecular weight excluding hydrogens is 373 g/mol. The molecule has 0 heterocycles. The lowest BCUT2D eigenvalue weighted by atomic mass is 10.2. The first-order valence-electron chi connectivity index (χ1n) is 6.27. The van der Waals surface area contributed by atoms with E-state index in [1.54, 1.807) is 19.3 Å². The normalized spacial score (nSPS) is 10.7. The number of hydrogen-bond acceptors (Lipinski definition) is 2. The first-order valence-corrected chi connectivity index (χ1v) is 7.44. The summed E-state index contributed by atoms with van der Waals surface area (Å²) in [5.74, 6) is -0.240. The van der Waals surface area contributed by atoms with Gasteiger partial charge in [0.1, 0.15) is 11.6 Å². The fourth-order valence-electron chi connectivity index (χ4n) is 1.76. The number of carbonyl (C=O) groups excluding carboxylic acids is 1. The van der Waals surface area contributed by atoms with Crippen LogP contribution in [0.15, 0.2) is 46.9 Å². The molecule has 0 saturated heterocycles. The highest BCUT2D eigenvalue weighted by atomic mass is 79.9. The number of rotatable bonds is 4. The van der Waals surface area contributed by atoms with Crippen molar-refractivity contribution >= 4 is 45.2 Å². The molecule has 22 heavy (non-hydrogen) atoms. The molecular formula is C16H12BrClFNO2. The summed E-state index contributed by atoms with van der Waals surface area (Å²) in [6.07, 6.45) is 2.99. The van der Waals surface area contributed by atoms with Crippen LogP contribution in [-0.4, -0.2) is 13.0 Å². The molecule has 1 N–H and O–H groups in total. The molecule has 2 rings (SSSR count). The maximum Gasteiger partial charge on any atom is 0.248 e. The minimum Gasteiger partial charge on any atom is -0.496 e. The number of methoxy groups -OCH3 is 1. The van der Waals surface area contributed by atoms with Gasteiger partial charge in [-0.1, -0.05) is 27.5 Å². The Hall–Kier alpha value is -1.85. The van der Waals surface area contributed by atoms with E-state index in [-0.39, 0.29) is 10.9 Å². The van der Waals surface area contributed by atoms with Crippen LogP contribution < -0.4 is 10.1 Å². The van der Waals surface area contributed by atoms with Crippen molar-refractivity contribution in [2.45, 2.75) is 0 Å². The average Bonchev–Trinajstić information content (AvgIpc) is 2.49. The highest BCUT2D eigenvalue weighted by Gasteiger charge is 2.04. The summed E-state index contributed by atoms with van der Waals surface area (Å²) in [5, 5.41) is 2.56. The van der Waals surface area contributed by atoms with Gasteiger partial charge in [-0.05, 0) is 42.5 Å². The summed E-state index contributed by atoms with van der Waals surface area (Å²) >= 11 is 9.02. The number of ether oxygens (including phenoxy) is 1. The van der Waals surface area contributed by atoms with Gasteiger partial charge in [0.2, 0.25) is 5.91 Å². The maximum atomic E-state index is 13.0. The van der Waals surface area contributed by atoms with E-state index in [9.17, 15) is 9.18 Å². The van der Waals surface area contributed by atoms with Gasteiger partial charge in [0.05, 0.1) is 12.1 Å². The highest BCUT2D eigenvalue weighted by Crippen LogP contribution is 2.24. The lowest BCUT2D eigenvalue weighted by molar-refractivity contribution is -0.111. The molecule has 0 unspecified atom stereocenters. The molecule has 6 heteroatoms. The van der Waals surface area contributed by atoms with Gasteiger partial charge in [0.15, 0.2) is 0 Å². The Morgan fingerprint density at radius 3 is 2.77 bits per heavy atom. The van der Waals surface area contributed by atoms with Crippen LogP contribution in [0.5, 0.6) is 5.75 Å². The third-order valence-electron chi connectivity index (χ3n) is 2.79. The molecule has 3 nitrogen and oxygen atoms in total. The zero-order chi connectivity index (χ0) is 16.1. The van der Waals surface area contributed by atoms with Crippen LogP contribution in [0.2, 0.25) is 5.02 Å². The topological polar surface area (TPSA) is 38.3 Å². The van der Waals surface area contributed by atoms with Crippen LogP contribution in [0.3, 0.4) is 0 Å². The van der Waals surface area contributed by atoms with Crippen LogP contribution in [0, 0.1) is 5.82 Å². The molecule has 0 aliphatic carbocycles. The molecule has 1 amide bonds. The zero-order valence-electron chi connectivity index (χ0n) is 11.6.